The van der Waals surface area contributed by atoms with E-state index in [2.05, 4.69) is 25.2 Å². The lowest BCUT2D eigenvalue weighted by molar-refractivity contribution is -0.133. The number of piperazine rings is 1. The Hall–Kier alpha value is -1.55. The van der Waals surface area contributed by atoms with Gasteiger partial charge in [0.2, 0.25) is 0 Å². The van der Waals surface area contributed by atoms with E-state index in [9.17, 15) is 4.79 Å². The maximum absolute atomic E-state index is 12.0. The molecule has 1 amide bonds. The van der Waals surface area contributed by atoms with Gasteiger partial charge in [0.05, 0.1) is 0 Å². The Balaban J connectivity index is 1.87. The summed E-state index contributed by atoms with van der Waals surface area (Å²) in [6, 6.07) is 7.96. The minimum absolute atomic E-state index is 0.0662. The number of hydrogen-bond acceptors (Lipinski definition) is 3. The highest BCUT2D eigenvalue weighted by atomic mass is 16.5. The van der Waals surface area contributed by atoms with Crippen LogP contribution in [0, 0.1) is 0 Å². The zero-order valence-electron chi connectivity index (χ0n) is 11.7. The molecule has 0 radical (unpaired) electrons. The van der Waals surface area contributed by atoms with E-state index in [1.54, 1.807) is 0 Å². The van der Waals surface area contributed by atoms with E-state index in [4.69, 9.17) is 4.74 Å². The van der Waals surface area contributed by atoms with Crippen LogP contribution >= 0.6 is 0 Å². The number of ether oxygens (including phenoxy) is 1. The predicted octanol–water partition coefficient (Wildman–Crippen LogP) is 1.62. The first-order valence-corrected chi connectivity index (χ1v) is 6.88. The van der Waals surface area contributed by atoms with Gasteiger partial charge in [0, 0.05) is 26.2 Å². The van der Waals surface area contributed by atoms with Crippen molar-refractivity contribution in [2.24, 2.45) is 0 Å². The highest BCUT2D eigenvalue weighted by molar-refractivity contribution is 5.77. The SMILES string of the molecule is CC(C)c1cccc(OCC(=O)N2CCNCC2)c1. The summed E-state index contributed by atoms with van der Waals surface area (Å²) in [4.78, 5) is 13.8. The number of carbonyl (C=O) groups is 1. The quantitative estimate of drug-likeness (QED) is 0.896. The van der Waals surface area contributed by atoms with Crippen LogP contribution in [0.15, 0.2) is 24.3 Å². The van der Waals surface area contributed by atoms with Crippen LogP contribution in [0.5, 0.6) is 5.75 Å². The summed E-state index contributed by atoms with van der Waals surface area (Å²) in [5, 5.41) is 3.23. The van der Waals surface area contributed by atoms with E-state index in [0.717, 1.165) is 31.9 Å². The summed E-state index contributed by atoms with van der Waals surface area (Å²) in [6.45, 7) is 7.70. The molecule has 19 heavy (non-hydrogen) atoms. The summed E-state index contributed by atoms with van der Waals surface area (Å²) in [5.41, 5.74) is 1.23. The van der Waals surface area contributed by atoms with Crippen molar-refractivity contribution in [3.63, 3.8) is 0 Å². The van der Waals surface area contributed by atoms with Crippen molar-refractivity contribution in [3.8, 4) is 5.75 Å². The third-order valence-electron chi connectivity index (χ3n) is 3.36. The van der Waals surface area contributed by atoms with E-state index in [0.29, 0.717) is 5.92 Å². The molecular weight excluding hydrogens is 240 g/mol. The Kier molecular flexibility index (Phi) is 4.80. The van der Waals surface area contributed by atoms with Gasteiger partial charge in [-0.15, -0.1) is 0 Å². The molecule has 1 aliphatic heterocycles. The first kappa shape index (κ1) is 13.9. The zero-order chi connectivity index (χ0) is 13.7. The van der Waals surface area contributed by atoms with Crippen LogP contribution in [0.25, 0.3) is 0 Å². The van der Waals surface area contributed by atoms with E-state index in [-0.39, 0.29) is 12.5 Å². The van der Waals surface area contributed by atoms with Crippen molar-refractivity contribution in [2.75, 3.05) is 32.8 Å². The molecule has 1 aliphatic rings. The van der Waals surface area contributed by atoms with Gasteiger partial charge in [-0.25, -0.2) is 0 Å². The Bertz CT molecular complexity index is 426. The van der Waals surface area contributed by atoms with Crippen molar-refractivity contribution in [1.29, 1.82) is 0 Å². The molecule has 4 heteroatoms. The fourth-order valence-electron chi connectivity index (χ4n) is 2.11. The second-order valence-electron chi connectivity index (χ2n) is 5.15. The third kappa shape index (κ3) is 3.96. The van der Waals surface area contributed by atoms with E-state index < -0.39 is 0 Å². The number of benzene rings is 1. The maximum atomic E-state index is 12.0. The van der Waals surface area contributed by atoms with E-state index in [1.807, 2.05) is 23.1 Å². The average Bonchev–Trinajstić information content (AvgIpc) is 2.46. The average molecular weight is 262 g/mol. The van der Waals surface area contributed by atoms with Gasteiger partial charge in [-0.3, -0.25) is 4.79 Å². The van der Waals surface area contributed by atoms with Gasteiger partial charge in [-0.2, -0.15) is 0 Å². The molecule has 1 heterocycles. The van der Waals surface area contributed by atoms with Gasteiger partial charge in [0.15, 0.2) is 6.61 Å². The van der Waals surface area contributed by atoms with Gasteiger partial charge in [0.1, 0.15) is 5.75 Å². The topological polar surface area (TPSA) is 41.6 Å². The van der Waals surface area contributed by atoms with Crippen LogP contribution in [-0.4, -0.2) is 43.6 Å². The molecule has 2 rings (SSSR count). The molecule has 1 saturated heterocycles. The molecule has 0 aromatic heterocycles. The first-order valence-electron chi connectivity index (χ1n) is 6.88. The lowest BCUT2D eigenvalue weighted by atomic mass is 10.0. The van der Waals surface area contributed by atoms with Gasteiger partial charge in [0.25, 0.3) is 5.91 Å². The number of nitrogens with one attached hydrogen (secondary N) is 1. The molecule has 0 atom stereocenters. The molecule has 104 valence electrons. The van der Waals surface area contributed by atoms with Crippen molar-refractivity contribution in [3.05, 3.63) is 29.8 Å². The Morgan fingerprint density at radius 1 is 1.37 bits per heavy atom. The zero-order valence-corrected chi connectivity index (χ0v) is 11.7. The van der Waals surface area contributed by atoms with Gasteiger partial charge < -0.3 is 15.0 Å². The Labute approximate surface area is 114 Å². The number of carbonyl (C=O) groups excluding carboxylic acids is 1. The lowest BCUT2D eigenvalue weighted by Gasteiger charge is -2.27. The van der Waals surface area contributed by atoms with Crippen molar-refractivity contribution < 1.29 is 9.53 Å². The summed E-state index contributed by atoms with van der Waals surface area (Å²) >= 11 is 0. The fraction of sp³-hybridized carbons (Fsp3) is 0.533. The molecule has 1 fully saturated rings. The van der Waals surface area contributed by atoms with Crippen molar-refractivity contribution in [1.82, 2.24) is 10.2 Å². The molecule has 1 N–H and O–H groups in total. The maximum Gasteiger partial charge on any atom is 0.260 e. The molecule has 0 aliphatic carbocycles. The smallest absolute Gasteiger partial charge is 0.260 e. The molecule has 4 nitrogen and oxygen atoms in total. The standard InChI is InChI=1S/C15H22N2O2/c1-12(2)13-4-3-5-14(10-13)19-11-15(18)17-8-6-16-7-9-17/h3-5,10,12,16H,6-9,11H2,1-2H3. The second kappa shape index (κ2) is 6.57. The van der Waals surface area contributed by atoms with Crippen LogP contribution in [0.2, 0.25) is 0 Å². The van der Waals surface area contributed by atoms with Crippen LogP contribution in [0.3, 0.4) is 0 Å². The summed E-state index contributed by atoms with van der Waals surface area (Å²) in [5.74, 6) is 1.30. The van der Waals surface area contributed by atoms with Crippen LogP contribution in [-0.2, 0) is 4.79 Å². The van der Waals surface area contributed by atoms with Gasteiger partial charge >= 0.3 is 0 Å². The minimum Gasteiger partial charge on any atom is -0.484 e. The molecule has 1 aromatic carbocycles. The van der Waals surface area contributed by atoms with Crippen molar-refractivity contribution >= 4 is 5.91 Å². The fourth-order valence-corrected chi connectivity index (χ4v) is 2.11. The monoisotopic (exact) mass is 262 g/mol. The Morgan fingerprint density at radius 3 is 2.79 bits per heavy atom. The van der Waals surface area contributed by atoms with Crippen LogP contribution in [0.1, 0.15) is 25.3 Å². The van der Waals surface area contributed by atoms with Crippen LogP contribution < -0.4 is 10.1 Å². The third-order valence-corrected chi connectivity index (χ3v) is 3.36. The molecule has 0 saturated carbocycles. The highest BCUT2D eigenvalue weighted by Gasteiger charge is 2.16. The lowest BCUT2D eigenvalue weighted by Crippen LogP contribution is -2.47. The predicted molar refractivity (Wildman–Crippen MR) is 75.5 cm³/mol. The van der Waals surface area contributed by atoms with Crippen LogP contribution in [0.4, 0.5) is 0 Å². The summed E-state index contributed by atoms with van der Waals surface area (Å²) in [7, 11) is 0. The number of hydrogen-bond donors (Lipinski definition) is 1. The number of nitrogens with zero attached hydrogens (tertiary/aromatic N) is 1. The van der Waals surface area contributed by atoms with Gasteiger partial charge in [-0.05, 0) is 23.6 Å². The second-order valence-corrected chi connectivity index (χ2v) is 5.15. The number of rotatable bonds is 4. The highest BCUT2D eigenvalue weighted by Crippen LogP contribution is 2.20. The number of amides is 1. The summed E-state index contributed by atoms with van der Waals surface area (Å²) < 4.78 is 5.60. The molecule has 0 bridgehead atoms. The molecular formula is C15H22N2O2. The van der Waals surface area contributed by atoms with Gasteiger partial charge in [-0.1, -0.05) is 26.0 Å². The largest absolute Gasteiger partial charge is 0.484 e. The summed E-state index contributed by atoms with van der Waals surface area (Å²) in [6.07, 6.45) is 0. The van der Waals surface area contributed by atoms with E-state index >= 15 is 0 Å². The van der Waals surface area contributed by atoms with E-state index in [1.165, 1.54) is 5.56 Å². The molecule has 0 spiro atoms. The first-order chi connectivity index (χ1) is 9.16. The molecule has 0 unspecified atom stereocenters. The minimum atomic E-state index is 0.0662. The van der Waals surface area contributed by atoms with Crippen molar-refractivity contribution in [2.45, 2.75) is 19.8 Å². The Morgan fingerprint density at radius 2 is 2.11 bits per heavy atom. The molecule has 1 aromatic rings. The normalized spacial score (nSPS) is 15.6.